The van der Waals surface area contributed by atoms with E-state index in [4.69, 9.17) is 0 Å². The van der Waals surface area contributed by atoms with Crippen molar-refractivity contribution in [3.63, 3.8) is 0 Å². The van der Waals surface area contributed by atoms with Crippen LogP contribution in [-0.4, -0.2) is 23.4 Å². The van der Waals surface area contributed by atoms with Crippen LogP contribution < -0.4 is 5.32 Å². The molecule has 5 heteroatoms. The molecule has 1 N–H and O–H groups in total. The Labute approximate surface area is 75.7 Å². The molecule has 0 atom stereocenters. The maximum atomic E-state index is 12.1. The third kappa shape index (κ3) is 3.10. The fourth-order valence-electron chi connectivity index (χ4n) is 1.08. The van der Waals surface area contributed by atoms with Gasteiger partial charge in [-0.25, -0.2) is 4.68 Å². The van der Waals surface area contributed by atoms with Crippen LogP contribution in [0.25, 0.3) is 0 Å². The number of hydrogen-bond donors (Lipinski definition) is 1. The second kappa shape index (κ2) is 4.91. The van der Waals surface area contributed by atoms with Gasteiger partial charge in [0.05, 0.1) is 6.20 Å². The number of hydrogen-bond acceptors (Lipinski definition) is 2. The van der Waals surface area contributed by atoms with Gasteiger partial charge in [0.25, 0.3) is 0 Å². The van der Waals surface area contributed by atoms with Gasteiger partial charge >= 0.3 is 6.55 Å². The Bertz CT molecular complexity index is 247. The van der Waals surface area contributed by atoms with E-state index in [1.807, 2.05) is 7.05 Å². The van der Waals surface area contributed by atoms with Crippen LogP contribution in [0.5, 0.6) is 0 Å². The summed E-state index contributed by atoms with van der Waals surface area (Å²) in [5, 5.41) is 6.53. The lowest BCUT2D eigenvalue weighted by molar-refractivity contribution is 0.0565. The third-order valence-corrected chi connectivity index (χ3v) is 1.75. The monoisotopic (exact) mass is 189 g/mol. The first-order valence-electron chi connectivity index (χ1n) is 4.20. The van der Waals surface area contributed by atoms with Crippen LogP contribution in [0.2, 0.25) is 0 Å². The maximum absolute atomic E-state index is 12.1. The van der Waals surface area contributed by atoms with Crippen molar-refractivity contribution >= 4 is 0 Å². The Morgan fingerprint density at radius 2 is 2.38 bits per heavy atom. The van der Waals surface area contributed by atoms with Gasteiger partial charge in [0.15, 0.2) is 0 Å². The summed E-state index contributed by atoms with van der Waals surface area (Å²) in [6, 6.07) is 0. The lowest BCUT2D eigenvalue weighted by Crippen LogP contribution is -2.08. The van der Waals surface area contributed by atoms with E-state index in [1.165, 1.54) is 12.4 Å². The molecule has 0 saturated carbocycles. The smallest absolute Gasteiger partial charge is 0.320 e. The predicted octanol–water partition coefficient (Wildman–Crippen LogP) is 1.43. The molecule has 0 aliphatic carbocycles. The highest BCUT2D eigenvalue weighted by Gasteiger charge is 2.06. The highest BCUT2D eigenvalue weighted by molar-refractivity contribution is 5.03. The molecule has 74 valence electrons. The summed E-state index contributed by atoms with van der Waals surface area (Å²) in [4.78, 5) is 0. The average Bonchev–Trinajstić information content (AvgIpc) is 2.53. The second-order valence-electron chi connectivity index (χ2n) is 2.81. The van der Waals surface area contributed by atoms with Crippen LogP contribution in [0.1, 0.15) is 18.5 Å². The molecule has 0 spiro atoms. The highest BCUT2D eigenvalue weighted by atomic mass is 19.3. The molecule has 1 rings (SSSR count). The minimum Gasteiger partial charge on any atom is -0.320 e. The number of nitrogens with one attached hydrogen (secondary N) is 1. The number of rotatable bonds is 5. The molecule has 0 radical (unpaired) electrons. The quantitative estimate of drug-likeness (QED) is 0.710. The van der Waals surface area contributed by atoms with Crippen LogP contribution in [-0.2, 0) is 6.42 Å². The van der Waals surface area contributed by atoms with E-state index in [-0.39, 0.29) is 0 Å². The lowest BCUT2D eigenvalue weighted by atomic mass is 10.2. The molecule has 3 nitrogen and oxygen atoms in total. The van der Waals surface area contributed by atoms with Crippen LogP contribution in [0.3, 0.4) is 0 Å². The Hall–Kier alpha value is -0.970. The van der Waals surface area contributed by atoms with Gasteiger partial charge < -0.3 is 5.32 Å². The summed E-state index contributed by atoms with van der Waals surface area (Å²) in [6.45, 7) is -1.64. The van der Waals surface area contributed by atoms with Crippen molar-refractivity contribution in [3.05, 3.63) is 18.0 Å². The molecule has 0 fully saturated rings. The summed E-state index contributed by atoms with van der Waals surface area (Å²) in [7, 11) is 1.86. The summed E-state index contributed by atoms with van der Waals surface area (Å²) >= 11 is 0. The Kier molecular flexibility index (Phi) is 3.82. The number of aryl methyl sites for hydroxylation is 1. The minimum atomic E-state index is -2.53. The molecular weight excluding hydrogens is 176 g/mol. The summed E-state index contributed by atoms with van der Waals surface area (Å²) in [6.07, 6.45) is 4.60. The van der Waals surface area contributed by atoms with E-state index < -0.39 is 6.55 Å². The largest absolute Gasteiger partial charge is 0.333 e. The van der Waals surface area contributed by atoms with Crippen LogP contribution in [0.15, 0.2) is 12.4 Å². The molecule has 1 aromatic rings. The second-order valence-corrected chi connectivity index (χ2v) is 2.81. The third-order valence-electron chi connectivity index (χ3n) is 1.75. The molecule has 0 bridgehead atoms. The zero-order valence-corrected chi connectivity index (χ0v) is 7.50. The summed E-state index contributed by atoms with van der Waals surface area (Å²) in [5.74, 6) is 0. The van der Waals surface area contributed by atoms with Crippen molar-refractivity contribution in [1.82, 2.24) is 15.1 Å². The van der Waals surface area contributed by atoms with E-state index >= 15 is 0 Å². The van der Waals surface area contributed by atoms with Gasteiger partial charge in [0.2, 0.25) is 0 Å². The maximum Gasteiger partial charge on any atom is 0.333 e. The van der Waals surface area contributed by atoms with E-state index in [0.29, 0.717) is 4.68 Å². The molecule has 0 saturated heterocycles. The fourth-order valence-corrected chi connectivity index (χ4v) is 1.08. The van der Waals surface area contributed by atoms with Crippen molar-refractivity contribution < 1.29 is 8.78 Å². The predicted molar refractivity (Wildman–Crippen MR) is 45.7 cm³/mol. The highest BCUT2D eigenvalue weighted by Crippen LogP contribution is 2.10. The van der Waals surface area contributed by atoms with Gasteiger partial charge in [-0.2, -0.15) is 13.9 Å². The number of nitrogens with zero attached hydrogens (tertiary/aromatic N) is 2. The summed E-state index contributed by atoms with van der Waals surface area (Å²) < 4.78 is 24.8. The topological polar surface area (TPSA) is 29.9 Å². The van der Waals surface area contributed by atoms with Crippen LogP contribution in [0, 0.1) is 0 Å². The molecule has 0 aliphatic heterocycles. The molecule has 1 aromatic heterocycles. The van der Waals surface area contributed by atoms with E-state index in [0.717, 1.165) is 24.9 Å². The standard InChI is InChI=1S/C8H13F2N3/c1-11-4-2-3-7-5-12-13(6-7)8(9)10/h5-6,8,11H,2-4H2,1H3. The lowest BCUT2D eigenvalue weighted by Gasteiger charge is -1.97. The Balaban J connectivity index is 2.40. The zero-order valence-electron chi connectivity index (χ0n) is 7.50. The molecule has 0 aliphatic rings. The minimum absolute atomic E-state index is 0.675. The summed E-state index contributed by atoms with van der Waals surface area (Å²) in [5.41, 5.74) is 0.857. The molecule has 0 aromatic carbocycles. The van der Waals surface area contributed by atoms with Crippen molar-refractivity contribution in [2.75, 3.05) is 13.6 Å². The molecule has 0 amide bonds. The first-order chi connectivity index (χ1) is 6.24. The fraction of sp³-hybridized carbons (Fsp3) is 0.625. The van der Waals surface area contributed by atoms with Crippen molar-refractivity contribution in [2.24, 2.45) is 0 Å². The Morgan fingerprint density at radius 1 is 1.62 bits per heavy atom. The van der Waals surface area contributed by atoms with Crippen molar-refractivity contribution in [3.8, 4) is 0 Å². The average molecular weight is 189 g/mol. The SMILES string of the molecule is CNCCCc1cnn(C(F)F)c1. The number of halogens is 2. The number of aromatic nitrogens is 2. The molecule has 1 heterocycles. The van der Waals surface area contributed by atoms with Gasteiger partial charge in [-0.3, -0.25) is 0 Å². The van der Waals surface area contributed by atoms with Gasteiger partial charge in [-0.05, 0) is 32.0 Å². The molecular formula is C8H13F2N3. The zero-order chi connectivity index (χ0) is 9.68. The van der Waals surface area contributed by atoms with Crippen LogP contribution in [0.4, 0.5) is 8.78 Å². The normalized spacial score (nSPS) is 11.1. The van der Waals surface area contributed by atoms with Gasteiger partial charge in [0, 0.05) is 6.20 Å². The van der Waals surface area contributed by atoms with Crippen molar-refractivity contribution in [2.45, 2.75) is 19.4 Å². The van der Waals surface area contributed by atoms with Crippen molar-refractivity contribution in [1.29, 1.82) is 0 Å². The van der Waals surface area contributed by atoms with E-state index in [9.17, 15) is 8.78 Å². The van der Waals surface area contributed by atoms with E-state index in [1.54, 1.807) is 0 Å². The molecule has 13 heavy (non-hydrogen) atoms. The van der Waals surface area contributed by atoms with Gasteiger partial charge in [0.1, 0.15) is 0 Å². The molecule has 0 unspecified atom stereocenters. The number of alkyl halides is 2. The van der Waals surface area contributed by atoms with Gasteiger partial charge in [-0.1, -0.05) is 0 Å². The Morgan fingerprint density at radius 3 is 2.92 bits per heavy atom. The first kappa shape index (κ1) is 10.1. The first-order valence-corrected chi connectivity index (χ1v) is 4.20. The van der Waals surface area contributed by atoms with Gasteiger partial charge in [-0.15, -0.1) is 0 Å². The van der Waals surface area contributed by atoms with E-state index in [2.05, 4.69) is 10.4 Å². The van der Waals surface area contributed by atoms with Crippen LogP contribution >= 0.6 is 0 Å².